The van der Waals surface area contributed by atoms with Crippen LogP contribution in [0.2, 0.25) is 0 Å². The zero-order valence-corrected chi connectivity index (χ0v) is 15.7. The first kappa shape index (κ1) is 18.5. The number of piperidine rings is 1. The quantitative estimate of drug-likeness (QED) is 0.582. The van der Waals surface area contributed by atoms with E-state index in [4.69, 9.17) is 0 Å². The first-order valence-electron chi connectivity index (χ1n) is 8.51. The van der Waals surface area contributed by atoms with Gasteiger partial charge < -0.3 is 14.7 Å². The molecule has 2 fully saturated rings. The Labute approximate surface area is 156 Å². The van der Waals surface area contributed by atoms with Crippen LogP contribution in [0.3, 0.4) is 0 Å². The van der Waals surface area contributed by atoms with Crippen molar-refractivity contribution in [3.63, 3.8) is 0 Å². The van der Waals surface area contributed by atoms with Gasteiger partial charge in [0.05, 0.1) is 9.79 Å². The van der Waals surface area contributed by atoms with Crippen LogP contribution in [-0.4, -0.2) is 75.9 Å². The summed E-state index contributed by atoms with van der Waals surface area (Å²) in [6.07, 6.45) is 1.41. The van der Waals surface area contributed by atoms with E-state index in [9.17, 15) is 19.7 Å². The van der Waals surface area contributed by atoms with Gasteiger partial charge in [-0.2, -0.15) is 0 Å². The Morgan fingerprint density at radius 2 is 1.92 bits per heavy atom. The highest BCUT2D eigenvalue weighted by Crippen LogP contribution is 2.44. The van der Waals surface area contributed by atoms with Gasteiger partial charge in [0.15, 0.2) is 0 Å². The van der Waals surface area contributed by atoms with Crippen molar-refractivity contribution in [3.8, 4) is 0 Å². The third kappa shape index (κ3) is 3.35. The molecule has 0 unspecified atom stereocenters. The molecule has 2 heterocycles. The molecule has 0 aliphatic carbocycles. The van der Waals surface area contributed by atoms with Gasteiger partial charge in [-0.3, -0.25) is 14.9 Å². The van der Waals surface area contributed by atoms with Crippen molar-refractivity contribution in [2.45, 2.75) is 17.7 Å². The van der Waals surface area contributed by atoms with Crippen LogP contribution in [0.4, 0.5) is 10.5 Å². The lowest BCUT2D eigenvalue weighted by Crippen LogP contribution is -2.54. The fraction of sp³-hybridized carbons (Fsp3) is 0.529. The molecule has 2 aliphatic rings. The summed E-state index contributed by atoms with van der Waals surface area (Å²) in [6.45, 7) is 1.82. The molecular weight excluding hydrogens is 356 g/mol. The molecule has 0 atom stereocenters. The number of non-ortho nitro benzene ring substituents is 1. The minimum atomic E-state index is -0.489. The predicted molar refractivity (Wildman–Crippen MR) is 99.2 cm³/mol. The number of carbonyl (C=O) groups is 2. The Balaban J connectivity index is 1.76. The van der Waals surface area contributed by atoms with Crippen LogP contribution in [0.1, 0.15) is 23.2 Å². The molecule has 26 heavy (non-hydrogen) atoms. The zero-order chi connectivity index (χ0) is 18.9. The first-order valence-corrected chi connectivity index (χ1v) is 9.49. The zero-order valence-electron chi connectivity index (χ0n) is 14.9. The van der Waals surface area contributed by atoms with Gasteiger partial charge in [-0.05, 0) is 18.9 Å². The number of nitro benzene ring substituents is 1. The number of urea groups is 1. The van der Waals surface area contributed by atoms with Crippen molar-refractivity contribution in [1.82, 2.24) is 14.7 Å². The summed E-state index contributed by atoms with van der Waals surface area (Å²) in [7, 11) is 3.46. The number of amides is 3. The van der Waals surface area contributed by atoms with Crippen molar-refractivity contribution in [2.75, 3.05) is 39.5 Å². The number of carbonyl (C=O) groups excluding carboxylic acids is 2. The minimum Gasteiger partial charge on any atom is -0.331 e. The highest BCUT2D eigenvalue weighted by Gasteiger charge is 2.47. The normalized spacial score (nSPS) is 18.8. The fourth-order valence-corrected chi connectivity index (χ4v) is 5.00. The van der Waals surface area contributed by atoms with E-state index in [-0.39, 0.29) is 22.5 Å². The van der Waals surface area contributed by atoms with Gasteiger partial charge in [0.2, 0.25) is 0 Å². The number of benzene rings is 1. The van der Waals surface area contributed by atoms with Crippen LogP contribution < -0.4 is 0 Å². The molecule has 8 nitrogen and oxygen atoms in total. The second kappa shape index (κ2) is 7.14. The van der Waals surface area contributed by atoms with Crippen LogP contribution in [-0.2, 0) is 0 Å². The highest BCUT2D eigenvalue weighted by atomic mass is 32.2. The SMILES string of the molecule is CN(C)C(=O)N1CCC2(CC1)SCCN2C(=O)c1cccc([N+](=O)[O-])c1. The number of hydrogen-bond donors (Lipinski definition) is 0. The summed E-state index contributed by atoms with van der Waals surface area (Å²) in [5.41, 5.74) is 0.260. The third-order valence-electron chi connectivity index (χ3n) is 4.92. The minimum absolute atomic E-state index is 0.0144. The second-order valence-corrected chi connectivity index (χ2v) is 8.18. The maximum absolute atomic E-state index is 13.0. The Hall–Kier alpha value is -2.29. The standard InChI is InChI=1S/C17H22N4O4S/c1-18(2)16(23)19-8-6-17(7-9-19)20(10-11-26-17)15(22)13-4-3-5-14(12-13)21(24)25/h3-5,12H,6-11H2,1-2H3. The van der Waals surface area contributed by atoms with Crippen LogP contribution in [0.5, 0.6) is 0 Å². The topological polar surface area (TPSA) is 87.0 Å². The number of thioether (sulfide) groups is 1. The highest BCUT2D eigenvalue weighted by molar-refractivity contribution is 8.00. The molecule has 1 aromatic carbocycles. The lowest BCUT2D eigenvalue weighted by atomic mass is 10.0. The van der Waals surface area contributed by atoms with Crippen LogP contribution in [0, 0.1) is 10.1 Å². The van der Waals surface area contributed by atoms with Gasteiger partial charge in [0.25, 0.3) is 11.6 Å². The molecule has 140 valence electrons. The molecule has 2 aliphatic heterocycles. The lowest BCUT2D eigenvalue weighted by Gasteiger charge is -2.44. The third-order valence-corrected chi connectivity index (χ3v) is 6.48. The van der Waals surface area contributed by atoms with Gasteiger partial charge >= 0.3 is 6.03 Å². The van der Waals surface area contributed by atoms with Crippen molar-refractivity contribution in [2.24, 2.45) is 0 Å². The van der Waals surface area contributed by atoms with E-state index in [0.717, 1.165) is 5.75 Å². The molecule has 1 aromatic rings. The largest absolute Gasteiger partial charge is 0.331 e. The van der Waals surface area contributed by atoms with Crippen LogP contribution >= 0.6 is 11.8 Å². The van der Waals surface area contributed by atoms with Crippen LogP contribution in [0.15, 0.2) is 24.3 Å². The van der Waals surface area contributed by atoms with Gasteiger partial charge in [-0.15, -0.1) is 11.8 Å². The monoisotopic (exact) mass is 378 g/mol. The van der Waals surface area contributed by atoms with Gasteiger partial charge in [0.1, 0.15) is 0 Å². The lowest BCUT2D eigenvalue weighted by molar-refractivity contribution is -0.384. The van der Waals surface area contributed by atoms with Crippen molar-refractivity contribution in [3.05, 3.63) is 39.9 Å². The summed E-state index contributed by atoms with van der Waals surface area (Å²) >= 11 is 1.75. The average Bonchev–Trinajstić information content (AvgIpc) is 3.04. The van der Waals surface area contributed by atoms with Crippen molar-refractivity contribution in [1.29, 1.82) is 0 Å². The van der Waals surface area contributed by atoms with Crippen LogP contribution in [0.25, 0.3) is 0 Å². The maximum atomic E-state index is 13.0. The fourth-order valence-electron chi connectivity index (χ4n) is 3.55. The van der Waals surface area contributed by atoms with E-state index in [1.807, 2.05) is 4.90 Å². The molecule has 1 spiro atoms. The summed E-state index contributed by atoms with van der Waals surface area (Å²) in [5.74, 6) is 0.661. The smallest absolute Gasteiger partial charge is 0.319 e. The van der Waals surface area contributed by atoms with Gasteiger partial charge in [-0.1, -0.05) is 6.07 Å². The number of rotatable bonds is 2. The second-order valence-electron chi connectivity index (χ2n) is 6.72. The Morgan fingerprint density at radius 1 is 1.23 bits per heavy atom. The average molecular weight is 378 g/mol. The molecule has 0 radical (unpaired) electrons. The van der Waals surface area contributed by atoms with E-state index >= 15 is 0 Å². The number of nitro groups is 1. The number of hydrogen-bond acceptors (Lipinski definition) is 5. The first-order chi connectivity index (χ1) is 12.3. The Kier molecular flexibility index (Phi) is 5.08. The molecular formula is C17H22N4O4S. The molecule has 0 N–H and O–H groups in total. The van der Waals surface area contributed by atoms with Crippen molar-refractivity contribution < 1.29 is 14.5 Å². The number of likely N-dealkylation sites (tertiary alicyclic amines) is 1. The summed E-state index contributed by atoms with van der Waals surface area (Å²) in [5, 5.41) is 11.0. The van der Waals surface area contributed by atoms with E-state index in [0.29, 0.717) is 38.0 Å². The van der Waals surface area contributed by atoms with Gasteiger partial charge in [0, 0.05) is 57.2 Å². The summed E-state index contributed by atoms with van der Waals surface area (Å²) in [6, 6.07) is 5.87. The van der Waals surface area contributed by atoms with E-state index in [1.54, 1.807) is 47.8 Å². The van der Waals surface area contributed by atoms with Gasteiger partial charge in [-0.25, -0.2) is 4.79 Å². The molecule has 0 saturated carbocycles. The summed E-state index contributed by atoms with van der Waals surface area (Å²) in [4.78, 5) is 40.5. The molecule has 9 heteroatoms. The molecule has 2 saturated heterocycles. The predicted octanol–water partition coefficient (Wildman–Crippen LogP) is 2.26. The molecule has 3 amide bonds. The van der Waals surface area contributed by atoms with Crippen molar-refractivity contribution >= 4 is 29.4 Å². The maximum Gasteiger partial charge on any atom is 0.319 e. The Morgan fingerprint density at radius 3 is 2.54 bits per heavy atom. The number of nitrogens with zero attached hydrogens (tertiary/aromatic N) is 4. The van der Waals surface area contributed by atoms with E-state index < -0.39 is 4.92 Å². The molecule has 0 aromatic heterocycles. The summed E-state index contributed by atoms with van der Waals surface area (Å²) < 4.78 is 0. The molecule has 0 bridgehead atoms. The van der Waals surface area contributed by atoms with E-state index in [1.165, 1.54) is 12.1 Å². The Bertz CT molecular complexity index is 731. The van der Waals surface area contributed by atoms with E-state index in [2.05, 4.69) is 0 Å². The molecule has 3 rings (SSSR count).